The van der Waals surface area contributed by atoms with Crippen molar-refractivity contribution < 1.29 is 9.90 Å². The fourth-order valence-corrected chi connectivity index (χ4v) is 3.59. The van der Waals surface area contributed by atoms with Crippen LogP contribution in [0.2, 0.25) is 0 Å². The van der Waals surface area contributed by atoms with Crippen LogP contribution < -0.4 is 10.6 Å². The van der Waals surface area contributed by atoms with Crippen LogP contribution in [0.25, 0.3) is 0 Å². The lowest BCUT2D eigenvalue weighted by atomic mass is 9.96. The smallest absolute Gasteiger partial charge is 0.234 e. The average Bonchev–Trinajstić information content (AvgIpc) is 2.89. The number of aliphatic hydroxyl groups excluding tert-OH is 1. The molecule has 0 atom stereocenters. The molecule has 2 aliphatic rings. The summed E-state index contributed by atoms with van der Waals surface area (Å²) in [5.41, 5.74) is -0.196. The summed E-state index contributed by atoms with van der Waals surface area (Å²) in [7, 11) is 0. The molecule has 0 bridgehead atoms. The number of carbonyl (C=O) groups is 1. The summed E-state index contributed by atoms with van der Waals surface area (Å²) < 4.78 is 0. The van der Waals surface area contributed by atoms with Crippen LogP contribution in [0.1, 0.15) is 70.6 Å². The molecule has 2 rings (SSSR count). The molecule has 0 heterocycles. The Morgan fingerprint density at radius 3 is 2.20 bits per heavy atom. The highest BCUT2D eigenvalue weighted by Crippen LogP contribution is 2.28. The zero-order valence-corrected chi connectivity index (χ0v) is 12.6. The maximum Gasteiger partial charge on any atom is 0.234 e. The van der Waals surface area contributed by atoms with Gasteiger partial charge in [0.25, 0.3) is 0 Å². The molecule has 0 spiro atoms. The predicted molar refractivity (Wildman–Crippen MR) is 80.5 cm³/mol. The summed E-state index contributed by atoms with van der Waals surface area (Å²) in [5.74, 6) is 0.0929. The van der Waals surface area contributed by atoms with E-state index in [0.717, 1.165) is 38.5 Å². The third-order valence-corrected chi connectivity index (χ3v) is 4.96. The maximum absolute atomic E-state index is 12.1. The largest absolute Gasteiger partial charge is 0.394 e. The highest BCUT2D eigenvalue weighted by Gasteiger charge is 2.33. The van der Waals surface area contributed by atoms with Crippen LogP contribution in [-0.4, -0.2) is 35.7 Å². The van der Waals surface area contributed by atoms with Crippen LogP contribution in [0.4, 0.5) is 0 Å². The van der Waals surface area contributed by atoms with E-state index < -0.39 is 0 Å². The Bertz CT molecular complexity index is 293. The van der Waals surface area contributed by atoms with Crippen molar-refractivity contribution in [3.05, 3.63) is 0 Å². The number of nitrogens with one attached hydrogen (secondary N) is 2. The third-order valence-electron chi connectivity index (χ3n) is 4.96. The van der Waals surface area contributed by atoms with Crippen molar-refractivity contribution in [2.75, 3.05) is 13.2 Å². The fourth-order valence-electron chi connectivity index (χ4n) is 3.59. The third kappa shape index (κ3) is 4.74. The van der Waals surface area contributed by atoms with Gasteiger partial charge in [0.05, 0.1) is 13.2 Å². The van der Waals surface area contributed by atoms with E-state index in [1.807, 2.05) is 0 Å². The van der Waals surface area contributed by atoms with Gasteiger partial charge in [0, 0.05) is 11.6 Å². The van der Waals surface area contributed by atoms with E-state index in [1.165, 1.54) is 32.1 Å². The molecule has 4 heteroatoms. The van der Waals surface area contributed by atoms with E-state index in [1.54, 1.807) is 0 Å². The van der Waals surface area contributed by atoms with Gasteiger partial charge in [-0.2, -0.15) is 0 Å². The number of hydrogen-bond donors (Lipinski definition) is 3. The fraction of sp³-hybridized carbons (Fsp3) is 0.938. The number of aliphatic hydroxyl groups is 1. The van der Waals surface area contributed by atoms with Crippen LogP contribution in [0.15, 0.2) is 0 Å². The predicted octanol–water partition coefficient (Wildman–Crippen LogP) is 2.11. The van der Waals surface area contributed by atoms with Crippen molar-refractivity contribution in [1.82, 2.24) is 10.6 Å². The van der Waals surface area contributed by atoms with Gasteiger partial charge in [-0.05, 0) is 25.7 Å². The van der Waals surface area contributed by atoms with Crippen molar-refractivity contribution in [3.63, 3.8) is 0 Å². The van der Waals surface area contributed by atoms with Crippen molar-refractivity contribution in [2.24, 2.45) is 0 Å². The van der Waals surface area contributed by atoms with E-state index in [2.05, 4.69) is 10.6 Å². The first-order valence-electron chi connectivity index (χ1n) is 8.39. The molecule has 4 nitrogen and oxygen atoms in total. The highest BCUT2D eigenvalue weighted by molar-refractivity contribution is 5.78. The van der Waals surface area contributed by atoms with Gasteiger partial charge in [0.2, 0.25) is 5.91 Å². The van der Waals surface area contributed by atoms with Crippen LogP contribution in [-0.2, 0) is 4.79 Å². The summed E-state index contributed by atoms with van der Waals surface area (Å²) in [6.45, 7) is 0.487. The van der Waals surface area contributed by atoms with Crippen molar-refractivity contribution >= 4 is 5.91 Å². The molecule has 0 aromatic rings. The lowest BCUT2D eigenvalue weighted by Gasteiger charge is -2.28. The van der Waals surface area contributed by atoms with Crippen molar-refractivity contribution in [2.45, 2.75) is 82.2 Å². The normalized spacial score (nSPS) is 24.1. The summed E-state index contributed by atoms with van der Waals surface area (Å²) in [5, 5.41) is 16.0. The monoisotopic (exact) mass is 282 g/mol. The minimum atomic E-state index is -0.196. The lowest BCUT2D eigenvalue weighted by Crippen LogP contribution is -2.51. The lowest BCUT2D eigenvalue weighted by molar-refractivity contribution is -0.121. The molecular formula is C16H30N2O2. The molecule has 116 valence electrons. The van der Waals surface area contributed by atoms with Gasteiger partial charge in [-0.3, -0.25) is 4.79 Å². The molecule has 2 saturated carbocycles. The Balaban J connectivity index is 1.71. The first-order valence-corrected chi connectivity index (χ1v) is 8.39. The number of rotatable bonds is 5. The van der Waals surface area contributed by atoms with Gasteiger partial charge < -0.3 is 15.7 Å². The molecule has 0 radical (unpaired) electrons. The minimum absolute atomic E-state index is 0.0929. The zero-order chi connectivity index (χ0) is 14.3. The molecule has 2 aliphatic carbocycles. The summed E-state index contributed by atoms with van der Waals surface area (Å²) in [6.07, 6.45) is 12.9. The molecule has 20 heavy (non-hydrogen) atoms. The Morgan fingerprint density at radius 1 is 1.00 bits per heavy atom. The molecule has 0 aromatic carbocycles. The Kier molecular flexibility index (Phi) is 6.30. The summed E-state index contributed by atoms with van der Waals surface area (Å²) in [4.78, 5) is 12.1. The second-order valence-corrected chi connectivity index (χ2v) is 6.61. The molecule has 0 saturated heterocycles. The van der Waals surface area contributed by atoms with Crippen LogP contribution in [0, 0.1) is 0 Å². The van der Waals surface area contributed by atoms with E-state index in [9.17, 15) is 9.90 Å². The second kappa shape index (κ2) is 7.99. The van der Waals surface area contributed by atoms with Crippen molar-refractivity contribution in [3.8, 4) is 0 Å². The average molecular weight is 282 g/mol. The second-order valence-electron chi connectivity index (χ2n) is 6.61. The zero-order valence-electron chi connectivity index (χ0n) is 12.6. The number of amides is 1. The van der Waals surface area contributed by atoms with E-state index in [4.69, 9.17) is 0 Å². The van der Waals surface area contributed by atoms with Gasteiger partial charge in [-0.15, -0.1) is 0 Å². The minimum Gasteiger partial charge on any atom is -0.394 e. The quantitative estimate of drug-likeness (QED) is 0.724. The maximum atomic E-state index is 12.1. The SMILES string of the molecule is O=C(CNC1(CO)CCCC1)NC1CCCCCCC1. The Labute approximate surface area is 122 Å². The van der Waals surface area contributed by atoms with Gasteiger partial charge >= 0.3 is 0 Å². The molecular weight excluding hydrogens is 252 g/mol. The van der Waals surface area contributed by atoms with E-state index in [0.29, 0.717) is 12.6 Å². The Hall–Kier alpha value is -0.610. The van der Waals surface area contributed by atoms with Crippen LogP contribution >= 0.6 is 0 Å². The standard InChI is InChI=1S/C16H30N2O2/c19-13-16(10-6-7-11-16)17-12-15(20)18-14-8-4-2-1-3-5-9-14/h14,17,19H,1-13H2,(H,18,20). The number of hydrogen-bond acceptors (Lipinski definition) is 3. The first kappa shape index (κ1) is 15.8. The Morgan fingerprint density at radius 2 is 1.60 bits per heavy atom. The summed E-state index contributed by atoms with van der Waals surface area (Å²) >= 11 is 0. The number of carbonyl (C=O) groups excluding carboxylic acids is 1. The topological polar surface area (TPSA) is 61.4 Å². The first-order chi connectivity index (χ1) is 9.74. The van der Waals surface area contributed by atoms with Gasteiger partial charge in [0.1, 0.15) is 0 Å². The molecule has 1 amide bonds. The molecule has 0 aliphatic heterocycles. The molecule has 3 N–H and O–H groups in total. The van der Waals surface area contributed by atoms with Gasteiger partial charge in [0.15, 0.2) is 0 Å². The summed E-state index contributed by atoms with van der Waals surface area (Å²) in [6, 6.07) is 0.359. The molecule has 0 aromatic heterocycles. The van der Waals surface area contributed by atoms with Gasteiger partial charge in [-0.25, -0.2) is 0 Å². The van der Waals surface area contributed by atoms with E-state index in [-0.39, 0.29) is 18.1 Å². The van der Waals surface area contributed by atoms with Crippen LogP contribution in [0.5, 0.6) is 0 Å². The molecule has 0 unspecified atom stereocenters. The van der Waals surface area contributed by atoms with Crippen LogP contribution in [0.3, 0.4) is 0 Å². The van der Waals surface area contributed by atoms with E-state index >= 15 is 0 Å². The molecule has 2 fully saturated rings. The highest BCUT2D eigenvalue weighted by atomic mass is 16.3. The van der Waals surface area contributed by atoms with Crippen molar-refractivity contribution in [1.29, 1.82) is 0 Å². The van der Waals surface area contributed by atoms with Gasteiger partial charge in [-0.1, -0.05) is 44.9 Å².